The molecule has 1 unspecified atom stereocenters. The molecule has 5 nitrogen and oxygen atoms in total. The van der Waals surface area contributed by atoms with Gasteiger partial charge in [0.1, 0.15) is 6.54 Å². The molecule has 0 aliphatic carbocycles. The van der Waals surface area contributed by atoms with E-state index >= 15 is 0 Å². The molecule has 1 atom stereocenters. The van der Waals surface area contributed by atoms with Gasteiger partial charge in [-0.3, -0.25) is 9.48 Å². The summed E-state index contributed by atoms with van der Waals surface area (Å²) in [6.45, 7) is 8.90. The summed E-state index contributed by atoms with van der Waals surface area (Å²) < 4.78 is 1.78. The molecule has 1 aromatic rings. The van der Waals surface area contributed by atoms with Crippen molar-refractivity contribution in [3.8, 4) is 0 Å². The molecule has 1 aliphatic heterocycles. The van der Waals surface area contributed by atoms with Crippen LogP contribution in [0.25, 0.3) is 0 Å². The van der Waals surface area contributed by atoms with Crippen molar-refractivity contribution in [2.45, 2.75) is 33.4 Å². The van der Waals surface area contributed by atoms with Crippen molar-refractivity contribution in [3.05, 3.63) is 17.5 Å². The molecule has 1 aliphatic rings. The highest BCUT2D eigenvalue weighted by atomic mass is 16.2. The van der Waals surface area contributed by atoms with E-state index in [2.05, 4.69) is 17.3 Å². The van der Waals surface area contributed by atoms with Gasteiger partial charge in [0.15, 0.2) is 0 Å². The molecule has 0 saturated carbocycles. The predicted molar refractivity (Wildman–Crippen MR) is 65.7 cm³/mol. The van der Waals surface area contributed by atoms with Gasteiger partial charge in [0.05, 0.1) is 5.69 Å². The number of aryl methyl sites for hydroxylation is 2. The molecule has 1 aromatic heterocycles. The Hall–Kier alpha value is -1.36. The summed E-state index contributed by atoms with van der Waals surface area (Å²) in [6, 6.07) is 2.27. The van der Waals surface area contributed by atoms with Crippen molar-refractivity contribution in [2.24, 2.45) is 0 Å². The lowest BCUT2D eigenvalue weighted by molar-refractivity contribution is -0.134. The maximum atomic E-state index is 12.2. The molecule has 2 rings (SSSR count). The second kappa shape index (κ2) is 4.87. The summed E-state index contributed by atoms with van der Waals surface area (Å²) >= 11 is 0. The first-order valence-electron chi connectivity index (χ1n) is 6.09. The highest BCUT2D eigenvalue weighted by Gasteiger charge is 2.23. The van der Waals surface area contributed by atoms with Crippen LogP contribution in [0.1, 0.15) is 18.3 Å². The lowest BCUT2D eigenvalue weighted by atomic mass is 10.2. The molecule has 5 heteroatoms. The number of rotatable bonds is 2. The second-order valence-corrected chi connectivity index (χ2v) is 4.73. The first-order valence-corrected chi connectivity index (χ1v) is 6.09. The maximum Gasteiger partial charge on any atom is 0.244 e. The van der Waals surface area contributed by atoms with Crippen LogP contribution in [0.2, 0.25) is 0 Å². The van der Waals surface area contributed by atoms with E-state index < -0.39 is 0 Å². The Morgan fingerprint density at radius 1 is 1.59 bits per heavy atom. The van der Waals surface area contributed by atoms with Crippen LogP contribution in [0, 0.1) is 13.8 Å². The maximum absolute atomic E-state index is 12.2. The second-order valence-electron chi connectivity index (χ2n) is 4.73. The SMILES string of the molecule is Cc1cc(C)n(CC(=O)N2CCNCC2C)n1. The number of nitrogens with one attached hydrogen (secondary N) is 1. The number of carbonyl (C=O) groups excluding carboxylic acids is 1. The van der Waals surface area contributed by atoms with Crippen LogP contribution in [-0.4, -0.2) is 46.3 Å². The zero-order valence-corrected chi connectivity index (χ0v) is 10.7. The van der Waals surface area contributed by atoms with E-state index in [0.717, 1.165) is 31.0 Å². The number of hydrogen-bond donors (Lipinski definition) is 1. The van der Waals surface area contributed by atoms with E-state index in [0.29, 0.717) is 6.54 Å². The molecule has 0 spiro atoms. The number of aromatic nitrogens is 2. The van der Waals surface area contributed by atoms with Crippen molar-refractivity contribution in [3.63, 3.8) is 0 Å². The average Bonchev–Trinajstić information content (AvgIpc) is 2.58. The lowest BCUT2D eigenvalue weighted by Crippen LogP contribution is -2.53. The van der Waals surface area contributed by atoms with Gasteiger partial charge in [-0.05, 0) is 26.8 Å². The Morgan fingerprint density at radius 2 is 2.35 bits per heavy atom. The molecule has 1 amide bonds. The normalized spacial score (nSPS) is 20.6. The molecule has 0 radical (unpaired) electrons. The van der Waals surface area contributed by atoms with Gasteiger partial charge in [0.2, 0.25) is 5.91 Å². The van der Waals surface area contributed by atoms with Crippen LogP contribution in [-0.2, 0) is 11.3 Å². The zero-order valence-electron chi connectivity index (χ0n) is 10.7. The fourth-order valence-electron chi connectivity index (χ4n) is 2.27. The topological polar surface area (TPSA) is 50.2 Å². The number of nitrogens with zero attached hydrogens (tertiary/aromatic N) is 3. The number of piperazine rings is 1. The molecule has 1 N–H and O–H groups in total. The van der Waals surface area contributed by atoms with Gasteiger partial charge >= 0.3 is 0 Å². The Morgan fingerprint density at radius 3 is 2.94 bits per heavy atom. The van der Waals surface area contributed by atoms with E-state index in [9.17, 15) is 4.79 Å². The van der Waals surface area contributed by atoms with Crippen molar-refractivity contribution >= 4 is 5.91 Å². The Bertz CT molecular complexity index is 413. The molecule has 1 fully saturated rings. The van der Waals surface area contributed by atoms with E-state index in [1.165, 1.54) is 0 Å². The third-order valence-electron chi connectivity index (χ3n) is 3.21. The quantitative estimate of drug-likeness (QED) is 0.804. The van der Waals surface area contributed by atoms with Crippen molar-refractivity contribution in [1.82, 2.24) is 20.0 Å². The smallest absolute Gasteiger partial charge is 0.244 e. The molecule has 94 valence electrons. The Kier molecular flexibility index (Phi) is 3.47. The minimum atomic E-state index is 0.158. The average molecular weight is 236 g/mol. The van der Waals surface area contributed by atoms with Gasteiger partial charge in [-0.2, -0.15) is 5.10 Å². The standard InChI is InChI=1S/C12H20N4O/c1-9-6-10(2)16(14-9)8-12(17)15-5-4-13-7-11(15)3/h6,11,13H,4-5,7-8H2,1-3H3. The molecule has 2 heterocycles. The Balaban J connectivity index is 2.03. The van der Waals surface area contributed by atoms with Gasteiger partial charge in [-0.1, -0.05) is 0 Å². The highest BCUT2D eigenvalue weighted by molar-refractivity contribution is 5.76. The van der Waals surface area contributed by atoms with Crippen molar-refractivity contribution < 1.29 is 4.79 Å². The summed E-state index contributed by atoms with van der Waals surface area (Å²) in [5.41, 5.74) is 2.00. The summed E-state index contributed by atoms with van der Waals surface area (Å²) in [5, 5.41) is 7.61. The van der Waals surface area contributed by atoms with E-state index in [1.807, 2.05) is 24.8 Å². The third-order valence-corrected chi connectivity index (χ3v) is 3.21. The van der Waals surface area contributed by atoms with Gasteiger partial charge in [-0.15, -0.1) is 0 Å². The monoisotopic (exact) mass is 236 g/mol. The fourth-order valence-corrected chi connectivity index (χ4v) is 2.27. The molecular formula is C12H20N4O. The summed E-state index contributed by atoms with van der Waals surface area (Å²) in [6.07, 6.45) is 0. The van der Waals surface area contributed by atoms with E-state index in [-0.39, 0.29) is 11.9 Å². The largest absolute Gasteiger partial charge is 0.336 e. The number of amides is 1. The molecule has 0 aromatic carbocycles. The summed E-state index contributed by atoms with van der Waals surface area (Å²) in [4.78, 5) is 14.1. The molecule has 0 bridgehead atoms. The third kappa shape index (κ3) is 2.66. The fraction of sp³-hybridized carbons (Fsp3) is 0.667. The first kappa shape index (κ1) is 12.1. The van der Waals surface area contributed by atoms with Crippen LogP contribution in [0.3, 0.4) is 0 Å². The highest BCUT2D eigenvalue weighted by Crippen LogP contribution is 2.06. The molecular weight excluding hydrogens is 216 g/mol. The zero-order chi connectivity index (χ0) is 12.4. The number of hydrogen-bond acceptors (Lipinski definition) is 3. The molecule has 17 heavy (non-hydrogen) atoms. The van der Waals surface area contributed by atoms with Crippen molar-refractivity contribution in [1.29, 1.82) is 0 Å². The minimum absolute atomic E-state index is 0.158. The van der Waals surface area contributed by atoms with Gasteiger partial charge < -0.3 is 10.2 Å². The van der Waals surface area contributed by atoms with Crippen LogP contribution in [0.15, 0.2) is 6.07 Å². The predicted octanol–water partition coefficient (Wildman–Crippen LogP) is 0.320. The molecule has 1 saturated heterocycles. The van der Waals surface area contributed by atoms with Crippen LogP contribution >= 0.6 is 0 Å². The van der Waals surface area contributed by atoms with Crippen molar-refractivity contribution in [2.75, 3.05) is 19.6 Å². The van der Waals surface area contributed by atoms with Gasteiger partial charge in [-0.25, -0.2) is 0 Å². The van der Waals surface area contributed by atoms with Crippen LogP contribution in [0.4, 0.5) is 0 Å². The first-order chi connectivity index (χ1) is 8.08. The summed E-state index contributed by atoms with van der Waals surface area (Å²) in [7, 11) is 0. The lowest BCUT2D eigenvalue weighted by Gasteiger charge is -2.34. The van der Waals surface area contributed by atoms with E-state index in [1.54, 1.807) is 4.68 Å². The number of carbonyl (C=O) groups is 1. The van der Waals surface area contributed by atoms with Crippen LogP contribution < -0.4 is 5.32 Å². The van der Waals surface area contributed by atoms with Gasteiger partial charge in [0.25, 0.3) is 0 Å². The minimum Gasteiger partial charge on any atom is -0.336 e. The van der Waals surface area contributed by atoms with Crippen LogP contribution in [0.5, 0.6) is 0 Å². The van der Waals surface area contributed by atoms with Gasteiger partial charge in [0, 0.05) is 31.4 Å². The van der Waals surface area contributed by atoms with E-state index in [4.69, 9.17) is 0 Å². The summed E-state index contributed by atoms with van der Waals surface area (Å²) in [5.74, 6) is 0.158. The Labute approximate surface area is 102 Å².